The summed E-state index contributed by atoms with van der Waals surface area (Å²) in [4.78, 5) is 32.5. The van der Waals surface area contributed by atoms with Crippen molar-refractivity contribution >= 4 is 50.1 Å². The summed E-state index contributed by atoms with van der Waals surface area (Å²) in [6, 6.07) is 22.6. The van der Waals surface area contributed by atoms with E-state index in [4.69, 9.17) is 23.7 Å². The fraction of sp³-hybridized carbons (Fsp3) is 0.194. The second-order valence-corrected chi connectivity index (χ2v) is 12.7. The number of halogens is 1. The average molecular weight is 714 g/mol. The average Bonchev–Trinajstić information content (AvgIpc) is 3.66. The van der Waals surface area contributed by atoms with Crippen LogP contribution in [-0.4, -0.2) is 31.0 Å². The van der Waals surface area contributed by atoms with Crippen molar-refractivity contribution in [2.75, 3.05) is 20.5 Å². The molecule has 0 fully saturated rings. The molecule has 0 spiro atoms. The van der Waals surface area contributed by atoms with Gasteiger partial charge in [-0.2, -0.15) is 0 Å². The highest BCUT2D eigenvalue weighted by atomic mass is 79.9. The number of methoxy groups -OCH3 is 1. The molecule has 0 amide bonds. The third-order valence-corrected chi connectivity index (χ3v) is 9.60. The summed E-state index contributed by atoms with van der Waals surface area (Å²) in [6.45, 7) is 4.13. The number of allylic oxidation sites excluding steroid dienone is 1. The monoisotopic (exact) mass is 712 g/mol. The summed E-state index contributed by atoms with van der Waals surface area (Å²) < 4.78 is 31.2. The molecular weight excluding hydrogens is 684 g/mol. The molecule has 0 N–H and O–H groups in total. The lowest BCUT2D eigenvalue weighted by atomic mass is 9.95. The van der Waals surface area contributed by atoms with Crippen LogP contribution in [0.15, 0.2) is 98.3 Å². The van der Waals surface area contributed by atoms with E-state index in [0.29, 0.717) is 60.2 Å². The Morgan fingerprint density at radius 2 is 1.89 bits per heavy atom. The first kappa shape index (κ1) is 30.8. The second-order valence-electron chi connectivity index (χ2n) is 10.9. The summed E-state index contributed by atoms with van der Waals surface area (Å²) in [6.07, 6.45) is 1.78. The number of fused-ring (bicyclic) bond motifs is 3. The van der Waals surface area contributed by atoms with E-state index in [9.17, 15) is 9.59 Å². The highest BCUT2D eigenvalue weighted by molar-refractivity contribution is 9.10. The van der Waals surface area contributed by atoms with Gasteiger partial charge in [0.15, 0.2) is 27.8 Å². The molecule has 0 radical (unpaired) electrons. The van der Waals surface area contributed by atoms with Crippen molar-refractivity contribution in [1.29, 1.82) is 0 Å². The van der Waals surface area contributed by atoms with Gasteiger partial charge in [0.1, 0.15) is 6.61 Å². The molecular formula is C36H29BrN2O7S. The normalized spacial score (nSPS) is 15.4. The van der Waals surface area contributed by atoms with Gasteiger partial charge in [-0.15, -0.1) is 0 Å². The molecule has 3 heterocycles. The summed E-state index contributed by atoms with van der Waals surface area (Å²) >= 11 is 4.90. The highest BCUT2D eigenvalue weighted by Gasteiger charge is 2.34. The molecule has 9 nitrogen and oxygen atoms in total. The number of aromatic nitrogens is 1. The molecule has 238 valence electrons. The first-order valence-corrected chi connectivity index (χ1v) is 16.5. The molecule has 2 aliphatic rings. The molecule has 2 aliphatic heterocycles. The van der Waals surface area contributed by atoms with E-state index in [1.165, 1.54) is 11.3 Å². The Bertz CT molecular complexity index is 2270. The van der Waals surface area contributed by atoms with Crippen molar-refractivity contribution in [2.45, 2.75) is 26.5 Å². The van der Waals surface area contributed by atoms with E-state index in [-0.39, 0.29) is 19.0 Å². The predicted octanol–water partition coefficient (Wildman–Crippen LogP) is 6.03. The zero-order chi connectivity index (χ0) is 32.7. The van der Waals surface area contributed by atoms with Crippen molar-refractivity contribution in [3.63, 3.8) is 0 Å². The lowest BCUT2D eigenvalue weighted by Crippen LogP contribution is -2.39. The van der Waals surface area contributed by atoms with Gasteiger partial charge >= 0.3 is 5.97 Å². The molecule has 0 aliphatic carbocycles. The minimum absolute atomic E-state index is 0.104. The molecule has 1 aromatic heterocycles. The molecule has 0 saturated heterocycles. The van der Waals surface area contributed by atoms with E-state index in [2.05, 4.69) is 39.1 Å². The van der Waals surface area contributed by atoms with Crippen molar-refractivity contribution in [1.82, 2.24) is 4.57 Å². The third-order valence-electron chi connectivity index (χ3n) is 8.03. The van der Waals surface area contributed by atoms with E-state index >= 15 is 0 Å². The molecule has 1 atom stereocenters. The summed E-state index contributed by atoms with van der Waals surface area (Å²) in [5.74, 6) is 1.68. The van der Waals surface area contributed by atoms with Crippen LogP contribution in [0.2, 0.25) is 0 Å². The zero-order valence-corrected chi connectivity index (χ0v) is 28.1. The molecule has 4 aromatic carbocycles. The first-order chi connectivity index (χ1) is 22.9. The van der Waals surface area contributed by atoms with Crippen LogP contribution in [-0.2, 0) is 16.1 Å². The lowest BCUT2D eigenvalue weighted by Gasteiger charge is -2.24. The number of esters is 1. The van der Waals surface area contributed by atoms with E-state index in [0.717, 1.165) is 21.9 Å². The van der Waals surface area contributed by atoms with E-state index < -0.39 is 12.0 Å². The van der Waals surface area contributed by atoms with Gasteiger partial charge in [-0.25, -0.2) is 9.79 Å². The van der Waals surface area contributed by atoms with Gasteiger partial charge in [-0.3, -0.25) is 9.36 Å². The lowest BCUT2D eigenvalue weighted by molar-refractivity contribution is -0.139. The number of nitrogens with zero attached hydrogens (tertiary/aromatic N) is 2. The van der Waals surface area contributed by atoms with Gasteiger partial charge in [0.05, 0.1) is 40.0 Å². The van der Waals surface area contributed by atoms with Gasteiger partial charge < -0.3 is 23.7 Å². The number of benzene rings is 4. The summed E-state index contributed by atoms with van der Waals surface area (Å²) in [5.41, 5.74) is 2.93. The number of carbonyl (C=O) groups is 1. The molecule has 0 saturated carbocycles. The van der Waals surface area contributed by atoms with Crippen LogP contribution < -0.4 is 33.8 Å². The van der Waals surface area contributed by atoms with Crippen molar-refractivity contribution in [2.24, 2.45) is 4.99 Å². The van der Waals surface area contributed by atoms with Crippen LogP contribution in [0, 0.1) is 0 Å². The highest BCUT2D eigenvalue weighted by Crippen LogP contribution is 2.39. The topological polar surface area (TPSA) is 97.6 Å². The molecule has 0 bridgehead atoms. The van der Waals surface area contributed by atoms with Crippen LogP contribution >= 0.6 is 27.3 Å². The van der Waals surface area contributed by atoms with Crippen LogP contribution in [0.3, 0.4) is 0 Å². The molecule has 47 heavy (non-hydrogen) atoms. The SMILES string of the molecule is CCOC(=O)C1=C(C)N=c2s/c(=C/c3cc(Br)c(OCc4cccc5ccccc45)c(OC)c3)c(=O)n2[C@@H]1c1ccc2c(c1)OCO2. The maximum absolute atomic E-state index is 14.1. The third kappa shape index (κ3) is 5.70. The molecule has 0 unspecified atom stereocenters. The van der Waals surface area contributed by atoms with Gasteiger partial charge in [0.25, 0.3) is 5.56 Å². The van der Waals surface area contributed by atoms with Gasteiger partial charge in [-0.1, -0.05) is 59.9 Å². The number of rotatable bonds is 8. The minimum Gasteiger partial charge on any atom is -0.493 e. The van der Waals surface area contributed by atoms with Crippen LogP contribution in [0.1, 0.15) is 36.6 Å². The Morgan fingerprint density at radius 3 is 2.72 bits per heavy atom. The number of carbonyl (C=O) groups excluding carboxylic acids is 1. The van der Waals surface area contributed by atoms with Gasteiger partial charge in [0, 0.05) is 0 Å². The number of hydrogen-bond donors (Lipinski definition) is 0. The van der Waals surface area contributed by atoms with Gasteiger partial charge in [-0.05, 0) is 87.6 Å². The van der Waals surface area contributed by atoms with Crippen molar-refractivity contribution < 1.29 is 28.5 Å². The Kier molecular flexibility index (Phi) is 8.33. The zero-order valence-electron chi connectivity index (χ0n) is 25.7. The first-order valence-electron chi connectivity index (χ1n) is 14.9. The number of ether oxygens (including phenoxy) is 5. The minimum atomic E-state index is -0.770. The summed E-state index contributed by atoms with van der Waals surface area (Å²) in [5, 5.41) is 2.26. The Balaban J connectivity index is 1.27. The van der Waals surface area contributed by atoms with Crippen LogP contribution in [0.25, 0.3) is 16.8 Å². The van der Waals surface area contributed by atoms with Crippen molar-refractivity contribution in [3.05, 3.63) is 125 Å². The fourth-order valence-corrected chi connectivity index (χ4v) is 7.49. The maximum Gasteiger partial charge on any atom is 0.338 e. The Hall–Kier alpha value is -4.87. The van der Waals surface area contributed by atoms with Crippen molar-refractivity contribution in [3.8, 4) is 23.0 Å². The maximum atomic E-state index is 14.1. The quantitative estimate of drug-likeness (QED) is 0.181. The molecule has 11 heteroatoms. The Morgan fingerprint density at radius 1 is 1.09 bits per heavy atom. The van der Waals surface area contributed by atoms with Gasteiger partial charge in [0.2, 0.25) is 6.79 Å². The standard InChI is InChI=1S/C36H29BrN2O7S/c1-4-43-35(41)31-20(2)38-36-39(32(31)23-12-13-27-28(17-23)46-19-45-27)34(40)30(47-36)16-21-14-26(37)33(29(15-21)42-3)44-18-24-10-7-9-22-8-5-6-11-25(22)24/h5-17,32H,4,18-19H2,1-3H3/b30-16+/t32-/m1/s1. The fourth-order valence-electron chi connectivity index (χ4n) is 5.87. The number of thiazole rings is 1. The number of hydrogen-bond acceptors (Lipinski definition) is 9. The molecule has 7 rings (SSSR count). The van der Waals surface area contributed by atoms with E-state index in [1.54, 1.807) is 43.7 Å². The Labute approximate surface area is 282 Å². The molecule has 5 aromatic rings. The predicted molar refractivity (Wildman–Crippen MR) is 182 cm³/mol. The largest absolute Gasteiger partial charge is 0.493 e. The smallest absolute Gasteiger partial charge is 0.338 e. The summed E-state index contributed by atoms with van der Waals surface area (Å²) in [7, 11) is 1.58. The van der Waals surface area contributed by atoms with Crippen LogP contribution in [0.4, 0.5) is 0 Å². The van der Waals surface area contributed by atoms with E-state index in [1.807, 2.05) is 42.5 Å². The van der Waals surface area contributed by atoms with Crippen LogP contribution in [0.5, 0.6) is 23.0 Å². The second kappa shape index (κ2) is 12.7.